The summed E-state index contributed by atoms with van der Waals surface area (Å²) in [6.45, 7) is 5.64. The average Bonchev–Trinajstić information content (AvgIpc) is 3.16. The molecule has 1 aromatic carbocycles. The van der Waals surface area contributed by atoms with E-state index in [0.29, 0.717) is 22.6 Å². The fourth-order valence-corrected chi connectivity index (χ4v) is 3.09. The predicted molar refractivity (Wildman–Crippen MR) is 111 cm³/mol. The number of aryl methyl sites for hydroxylation is 1. The van der Waals surface area contributed by atoms with Crippen molar-refractivity contribution in [3.8, 4) is 11.3 Å². The Hall–Kier alpha value is -3.52. The van der Waals surface area contributed by atoms with Gasteiger partial charge in [0.2, 0.25) is 0 Å². The van der Waals surface area contributed by atoms with E-state index in [1.807, 2.05) is 6.92 Å². The van der Waals surface area contributed by atoms with Gasteiger partial charge < -0.3 is 9.15 Å². The van der Waals surface area contributed by atoms with Crippen molar-refractivity contribution in [2.24, 2.45) is 0 Å². The normalized spacial score (nSPS) is 15.4. The molecule has 1 aliphatic rings. The first kappa shape index (κ1) is 20.2. The molecule has 0 saturated carbocycles. The predicted octanol–water partition coefficient (Wildman–Crippen LogP) is 2.85. The van der Waals surface area contributed by atoms with Gasteiger partial charge in [0.1, 0.15) is 17.1 Å². The van der Waals surface area contributed by atoms with Crippen molar-refractivity contribution in [1.29, 1.82) is 0 Å². The number of ether oxygens (including phenoxy) is 1. The minimum atomic E-state index is -0.595. The molecule has 0 unspecified atom stereocenters. The van der Waals surface area contributed by atoms with Crippen LogP contribution in [0, 0.1) is 6.92 Å². The van der Waals surface area contributed by atoms with E-state index in [4.69, 9.17) is 21.4 Å². The van der Waals surface area contributed by atoms with Crippen molar-refractivity contribution in [2.45, 2.75) is 6.92 Å². The first-order chi connectivity index (χ1) is 13.8. The third kappa shape index (κ3) is 4.02. The summed E-state index contributed by atoms with van der Waals surface area (Å²) in [6.07, 6.45) is 2.87. The number of nitrogens with one attached hydrogen (secondary N) is 1. The van der Waals surface area contributed by atoms with E-state index < -0.39 is 17.8 Å². The zero-order chi connectivity index (χ0) is 21.1. The molecule has 0 radical (unpaired) electrons. The van der Waals surface area contributed by atoms with Gasteiger partial charge in [-0.3, -0.25) is 19.8 Å². The monoisotopic (exact) mass is 410 g/mol. The van der Waals surface area contributed by atoms with Gasteiger partial charge in [-0.2, -0.15) is 0 Å². The SMILES string of the molecule is C=CCN1C(=O)/C(=C/c2ccc(-c3cc(C(=O)OC)ccc3C)o2)C(=O)NC1=S. The molecular weight excluding hydrogens is 392 g/mol. The van der Waals surface area contributed by atoms with Crippen LogP contribution in [0.2, 0.25) is 0 Å². The van der Waals surface area contributed by atoms with E-state index in [0.717, 1.165) is 5.56 Å². The molecule has 0 spiro atoms. The maximum atomic E-state index is 12.6. The number of nitrogens with zero attached hydrogens (tertiary/aromatic N) is 1. The quantitative estimate of drug-likeness (QED) is 0.268. The van der Waals surface area contributed by atoms with Crippen LogP contribution < -0.4 is 5.32 Å². The highest BCUT2D eigenvalue weighted by atomic mass is 32.1. The van der Waals surface area contributed by atoms with Crippen LogP contribution in [0.3, 0.4) is 0 Å². The number of benzene rings is 1. The van der Waals surface area contributed by atoms with Gasteiger partial charge >= 0.3 is 5.97 Å². The van der Waals surface area contributed by atoms with E-state index in [2.05, 4.69) is 11.9 Å². The van der Waals surface area contributed by atoms with Gasteiger partial charge in [0.05, 0.1) is 12.7 Å². The van der Waals surface area contributed by atoms with E-state index in [1.165, 1.54) is 24.2 Å². The number of esters is 1. The number of amides is 2. The number of thiocarbonyl (C=S) groups is 1. The largest absolute Gasteiger partial charge is 0.465 e. The summed E-state index contributed by atoms with van der Waals surface area (Å²) in [6, 6.07) is 8.46. The number of hydrogen-bond donors (Lipinski definition) is 1. The highest BCUT2D eigenvalue weighted by Gasteiger charge is 2.32. The fourth-order valence-electron chi connectivity index (χ4n) is 2.84. The van der Waals surface area contributed by atoms with Crippen molar-refractivity contribution < 1.29 is 23.5 Å². The molecule has 2 amide bonds. The Bertz CT molecular complexity index is 1070. The molecule has 2 heterocycles. The first-order valence-corrected chi connectivity index (χ1v) is 9.05. The summed E-state index contributed by atoms with van der Waals surface area (Å²) < 4.78 is 10.6. The summed E-state index contributed by atoms with van der Waals surface area (Å²) in [5.74, 6) is -0.777. The highest BCUT2D eigenvalue weighted by Crippen LogP contribution is 2.28. The zero-order valence-electron chi connectivity index (χ0n) is 15.9. The molecule has 1 aromatic heterocycles. The van der Waals surface area contributed by atoms with Gasteiger partial charge in [0.15, 0.2) is 5.11 Å². The number of rotatable bonds is 5. The third-order valence-corrected chi connectivity index (χ3v) is 4.66. The Morgan fingerprint density at radius 2 is 2.07 bits per heavy atom. The van der Waals surface area contributed by atoms with Crippen molar-refractivity contribution in [3.05, 3.63) is 65.4 Å². The molecule has 2 aromatic rings. The molecule has 3 rings (SSSR count). The lowest BCUT2D eigenvalue weighted by atomic mass is 10.0. The molecular formula is C21H18N2O5S. The second-order valence-electron chi connectivity index (χ2n) is 6.25. The first-order valence-electron chi connectivity index (χ1n) is 8.64. The Balaban J connectivity index is 1.95. The summed E-state index contributed by atoms with van der Waals surface area (Å²) in [5, 5.41) is 2.51. The molecule has 1 N–H and O–H groups in total. The number of carbonyl (C=O) groups excluding carboxylic acids is 3. The molecule has 8 heteroatoms. The molecule has 148 valence electrons. The lowest BCUT2D eigenvalue weighted by molar-refractivity contribution is -0.128. The maximum absolute atomic E-state index is 12.6. The van der Waals surface area contributed by atoms with Crippen molar-refractivity contribution in [3.63, 3.8) is 0 Å². The Labute approximate surface area is 172 Å². The summed E-state index contributed by atoms with van der Waals surface area (Å²) >= 11 is 5.03. The molecule has 7 nitrogen and oxygen atoms in total. The maximum Gasteiger partial charge on any atom is 0.337 e. The van der Waals surface area contributed by atoms with Gasteiger partial charge in [-0.25, -0.2) is 4.79 Å². The summed E-state index contributed by atoms with van der Waals surface area (Å²) in [5.41, 5.74) is 1.88. The van der Waals surface area contributed by atoms with Crippen molar-refractivity contribution >= 4 is 41.2 Å². The van der Waals surface area contributed by atoms with Crippen LogP contribution in [0.15, 0.2) is 53.0 Å². The van der Waals surface area contributed by atoms with Gasteiger partial charge in [-0.05, 0) is 55.0 Å². The minimum Gasteiger partial charge on any atom is -0.465 e. The van der Waals surface area contributed by atoms with Gasteiger partial charge in [-0.15, -0.1) is 6.58 Å². The number of carbonyl (C=O) groups is 3. The standard InChI is InChI=1S/C21H18N2O5S/c1-4-9-23-19(25)16(18(24)22-21(23)29)11-14-7-8-17(28-14)15-10-13(20(26)27-3)6-5-12(15)2/h4-8,10-11H,1,9H2,2-3H3,(H,22,24,29)/b16-11+. The molecule has 1 fully saturated rings. The van der Waals surface area contributed by atoms with E-state index in [1.54, 1.807) is 30.3 Å². The summed E-state index contributed by atoms with van der Waals surface area (Å²) in [4.78, 5) is 37.8. The Morgan fingerprint density at radius 1 is 1.31 bits per heavy atom. The van der Waals surface area contributed by atoms with Crippen LogP contribution in [0.25, 0.3) is 17.4 Å². The van der Waals surface area contributed by atoms with Crippen LogP contribution in [-0.4, -0.2) is 41.5 Å². The molecule has 1 aliphatic heterocycles. The van der Waals surface area contributed by atoms with Crippen LogP contribution in [0.1, 0.15) is 21.7 Å². The van der Waals surface area contributed by atoms with Crippen LogP contribution in [0.5, 0.6) is 0 Å². The molecule has 1 saturated heterocycles. The van der Waals surface area contributed by atoms with E-state index >= 15 is 0 Å². The van der Waals surface area contributed by atoms with Gasteiger partial charge in [-0.1, -0.05) is 12.1 Å². The molecule has 0 bridgehead atoms. The molecule has 0 aliphatic carbocycles. The Morgan fingerprint density at radius 3 is 2.76 bits per heavy atom. The van der Waals surface area contributed by atoms with Gasteiger partial charge in [0.25, 0.3) is 11.8 Å². The smallest absolute Gasteiger partial charge is 0.337 e. The number of furan rings is 1. The summed E-state index contributed by atoms with van der Waals surface area (Å²) in [7, 11) is 1.31. The second-order valence-corrected chi connectivity index (χ2v) is 6.63. The Kier molecular flexibility index (Phi) is 5.74. The van der Waals surface area contributed by atoms with Crippen molar-refractivity contribution in [1.82, 2.24) is 10.2 Å². The highest BCUT2D eigenvalue weighted by molar-refractivity contribution is 7.80. The second kappa shape index (κ2) is 8.24. The van der Waals surface area contributed by atoms with Crippen molar-refractivity contribution in [2.75, 3.05) is 13.7 Å². The molecule has 29 heavy (non-hydrogen) atoms. The minimum absolute atomic E-state index is 0.0347. The number of hydrogen-bond acceptors (Lipinski definition) is 6. The van der Waals surface area contributed by atoms with Crippen LogP contribution in [-0.2, 0) is 14.3 Å². The van der Waals surface area contributed by atoms with E-state index in [-0.39, 0.29) is 17.2 Å². The topological polar surface area (TPSA) is 88.8 Å². The zero-order valence-corrected chi connectivity index (χ0v) is 16.7. The number of methoxy groups -OCH3 is 1. The lowest BCUT2D eigenvalue weighted by Gasteiger charge is -2.27. The van der Waals surface area contributed by atoms with Crippen LogP contribution >= 0.6 is 12.2 Å². The van der Waals surface area contributed by atoms with Gasteiger partial charge in [0, 0.05) is 12.1 Å². The van der Waals surface area contributed by atoms with Crippen LogP contribution in [0.4, 0.5) is 0 Å². The lowest BCUT2D eigenvalue weighted by Crippen LogP contribution is -2.53. The molecule has 0 atom stereocenters. The van der Waals surface area contributed by atoms with E-state index in [9.17, 15) is 14.4 Å². The fraction of sp³-hybridized carbons (Fsp3) is 0.143. The average molecular weight is 410 g/mol. The third-order valence-electron chi connectivity index (χ3n) is 4.33.